The molecule has 0 saturated carbocycles. The molecule has 0 aliphatic carbocycles. The third-order valence-electron chi connectivity index (χ3n) is 1.81. The largest absolute Gasteiger partial charge is 0.490 e. The van der Waals surface area contributed by atoms with Crippen LogP contribution in [0, 0.1) is 6.92 Å². The van der Waals surface area contributed by atoms with Crippen LogP contribution < -0.4 is 16.0 Å². The van der Waals surface area contributed by atoms with Gasteiger partial charge in [0.05, 0.1) is 12.8 Å². The number of hydrogen-bond donors (Lipinski definition) is 2. The normalized spacial score (nSPS) is 12.6. The number of nitrogens with zero attached hydrogens (tertiary/aromatic N) is 1. The van der Waals surface area contributed by atoms with E-state index in [4.69, 9.17) is 10.5 Å². The molecule has 0 radical (unpaired) electrons. The molecular weight excluding hydrogens is 182 g/mol. The van der Waals surface area contributed by atoms with Crippen molar-refractivity contribution >= 4 is 0 Å². The summed E-state index contributed by atoms with van der Waals surface area (Å²) < 4.78 is 4.90. The molecule has 78 valence electrons. The molecule has 0 bridgehead atoms. The average Bonchev–Trinajstić information content (AvgIpc) is 2.01. The first-order valence-corrected chi connectivity index (χ1v) is 4.44. The van der Waals surface area contributed by atoms with Crippen LogP contribution >= 0.6 is 0 Å². The summed E-state index contributed by atoms with van der Waals surface area (Å²) in [6.45, 7) is 3.60. The SMILES string of the molecule is COc1c(C)nc(CC(C)N)[nH]c1=O. The van der Waals surface area contributed by atoms with Crippen LogP contribution in [0.3, 0.4) is 0 Å². The Morgan fingerprint density at radius 2 is 2.29 bits per heavy atom. The molecule has 1 atom stereocenters. The first-order chi connectivity index (χ1) is 6.54. The lowest BCUT2D eigenvalue weighted by Gasteiger charge is -2.07. The molecule has 0 saturated heterocycles. The van der Waals surface area contributed by atoms with Crippen molar-refractivity contribution in [2.45, 2.75) is 26.3 Å². The van der Waals surface area contributed by atoms with Gasteiger partial charge in [0, 0.05) is 12.5 Å². The Hall–Kier alpha value is -1.36. The van der Waals surface area contributed by atoms with Gasteiger partial charge in [-0.1, -0.05) is 0 Å². The van der Waals surface area contributed by atoms with Crippen LogP contribution in [0.5, 0.6) is 5.75 Å². The lowest BCUT2D eigenvalue weighted by molar-refractivity contribution is 0.401. The fourth-order valence-electron chi connectivity index (χ4n) is 1.28. The van der Waals surface area contributed by atoms with E-state index in [1.165, 1.54) is 7.11 Å². The molecule has 1 unspecified atom stereocenters. The van der Waals surface area contributed by atoms with E-state index in [1.54, 1.807) is 6.92 Å². The van der Waals surface area contributed by atoms with Crippen LogP contribution in [0.1, 0.15) is 18.4 Å². The lowest BCUT2D eigenvalue weighted by atomic mass is 10.2. The molecule has 0 fully saturated rings. The highest BCUT2D eigenvalue weighted by Crippen LogP contribution is 2.07. The molecule has 1 aromatic heterocycles. The number of ether oxygens (including phenoxy) is 1. The summed E-state index contributed by atoms with van der Waals surface area (Å²) >= 11 is 0. The Kier molecular flexibility index (Phi) is 3.24. The highest BCUT2D eigenvalue weighted by molar-refractivity contribution is 5.23. The monoisotopic (exact) mass is 197 g/mol. The fourth-order valence-corrected chi connectivity index (χ4v) is 1.28. The second-order valence-corrected chi connectivity index (χ2v) is 3.31. The molecule has 0 amide bonds. The minimum atomic E-state index is -0.254. The van der Waals surface area contributed by atoms with Gasteiger partial charge in [-0.05, 0) is 13.8 Å². The van der Waals surface area contributed by atoms with Crippen molar-refractivity contribution in [3.05, 3.63) is 21.9 Å². The van der Waals surface area contributed by atoms with Crippen LogP contribution in [0.2, 0.25) is 0 Å². The van der Waals surface area contributed by atoms with Gasteiger partial charge < -0.3 is 15.5 Å². The molecule has 1 rings (SSSR count). The van der Waals surface area contributed by atoms with Gasteiger partial charge in [0.15, 0.2) is 0 Å². The number of H-pyrrole nitrogens is 1. The predicted octanol–water partition coefficient (Wildman–Crippen LogP) is -0.0234. The summed E-state index contributed by atoms with van der Waals surface area (Å²) in [5.41, 5.74) is 5.94. The Morgan fingerprint density at radius 1 is 1.64 bits per heavy atom. The Morgan fingerprint density at radius 3 is 2.71 bits per heavy atom. The number of nitrogens with two attached hydrogens (primary N) is 1. The van der Waals surface area contributed by atoms with Crippen molar-refractivity contribution in [3.8, 4) is 5.75 Å². The van der Waals surface area contributed by atoms with Gasteiger partial charge >= 0.3 is 0 Å². The van der Waals surface area contributed by atoms with E-state index in [0.29, 0.717) is 17.9 Å². The van der Waals surface area contributed by atoms with Crippen molar-refractivity contribution < 1.29 is 4.74 Å². The van der Waals surface area contributed by atoms with Crippen LogP contribution in [-0.4, -0.2) is 23.1 Å². The Labute approximate surface area is 82.3 Å². The summed E-state index contributed by atoms with van der Waals surface area (Å²) in [5, 5.41) is 0. The first-order valence-electron chi connectivity index (χ1n) is 4.44. The summed E-state index contributed by atoms with van der Waals surface area (Å²) in [6.07, 6.45) is 0.556. The molecule has 1 aromatic rings. The number of nitrogens with one attached hydrogen (secondary N) is 1. The van der Waals surface area contributed by atoms with Gasteiger partial charge in [-0.2, -0.15) is 0 Å². The van der Waals surface area contributed by atoms with Gasteiger partial charge in [-0.15, -0.1) is 0 Å². The summed E-state index contributed by atoms with van der Waals surface area (Å²) in [5.74, 6) is 0.863. The van der Waals surface area contributed by atoms with E-state index in [0.717, 1.165) is 0 Å². The molecule has 5 nitrogen and oxygen atoms in total. The average molecular weight is 197 g/mol. The maximum absolute atomic E-state index is 11.4. The lowest BCUT2D eigenvalue weighted by Crippen LogP contribution is -2.23. The van der Waals surface area contributed by atoms with E-state index in [-0.39, 0.29) is 17.4 Å². The first kappa shape index (κ1) is 10.7. The topological polar surface area (TPSA) is 81.0 Å². The molecule has 3 N–H and O–H groups in total. The van der Waals surface area contributed by atoms with Gasteiger partial charge in [0.25, 0.3) is 5.56 Å². The Balaban J connectivity index is 3.08. The van der Waals surface area contributed by atoms with Crippen molar-refractivity contribution in [2.24, 2.45) is 5.73 Å². The molecule has 1 heterocycles. The maximum atomic E-state index is 11.4. The van der Waals surface area contributed by atoms with E-state index in [9.17, 15) is 4.79 Å². The van der Waals surface area contributed by atoms with Crippen molar-refractivity contribution in [2.75, 3.05) is 7.11 Å². The highest BCUT2D eigenvalue weighted by atomic mass is 16.5. The third-order valence-corrected chi connectivity index (χ3v) is 1.81. The van der Waals surface area contributed by atoms with Crippen LogP contribution in [0.15, 0.2) is 4.79 Å². The van der Waals surface area contributed by atoms with E-state index in [2.05, 4.69) is 9.97 Å². The number of methoxy groups -OCH3 is 1. The van der Waals surface area contributed by atoms with Crippen LogP contribution in [0.25, 0.3) is 0 Å². The van der Waals surface area contributed by atoms with E-state index < -0.39 is 0 Å². The fraction of sp³-hybridized carbons (Fsp3) is 0.556. The second kappa shape index (κ2) is 4.23. The van der Waals surface area contributed by atoms with Crippen molar-refractivity contribution in [1.29, 1.82) is 0 Å². The van der Waals surface area contributed by atoms with Gasteiger partial charge in [-0.25, -0.2) is 4.98 Å². The van der Waals surface area contributed by atoms with E-state index >= 15 is 0 Å². The smallest absolute Gasteiger partial charge is 0.293 e. The van der Waals surface area contributed by atoms with Crippen LogP contribution in [-0.2, 0) is 6.42 Å². The number of aromatic amines is 1. The predicted molar refractivity (Wildman–Crippen MR) is 53.5 cm³/mol. The number of aryl methyl sites for hydroxylation is 1. The minimum Gasteiger partial charge on any atom is -0.490 e. The molecule has 0 spiro atoms. The van der Waals surface area contributed by atoms with Gasteiger partial charge in [0.1, 0.15) is 5.82 Å². The second-order valence-electron chi connectivity index (χ2n) is 3.31. The molecule has 0 aliphatic rings. The quantitative estimate of drug-likeness (QED) is 0.713. The zero-order chi connectivity index (χ0) is 10.7. The van der Waals surface area contributed by atoms with Crippen molar-refractivity contribution in [1.82, 2.24) is 9.97 Å². The van der Waals surface area contributed by atoms with Crippen LogP contribution in [0.4, 0.5) is 0 Å². The standard InChI is InChI=1S/C9H15N3O2/c1-5(10)4-7-11-6(2)8(14-3)9(13)12-7/h5H,4,10H2,1-3H3,(H,11,12,13). The summed E-state index contributed by atoms with van der Waals surface area (Å²) in [4.78, 5) is 18.2. The molecule has 5 heteroatoms. The zero-order valence-electron chi connectivity index (χ0n) is 8.63. The molecule has 0 aromatic carbocycles. The maximum Gasteiger partial charge on any atom is 0.293 e. The highest BCUT2D eigenvalue weighted by Gasteiger charge is 2.08. The summed E-state index contributed by atoms with van der Waals surface area (Å²) in [7, 11) is 1.45. The van der Waals surface area contributed by atoms with Crippen molar-refractivity contribution in [3.63, 3.8) is 0 Å². The minimum absolute atomic E-state index is 0.0223. The van der Waals surface area contributed by atoms with E-state index in [1.807, 2.05) is 6.92 Å². The zero-order valence-corrected chi connectivity index (χ0v) is 8.63. The number of rotatable bonds is 3. The number of aromatic nitrogens is 2. The van der Waals surface area contributed by atoms with Gasteiger partial charge in [-0.3, -0.25) is 4.79 Å². The number of hydrogen-bond acceptors (Lipinski definition) is 4. The van der Waals surface area contributed by atoms with Gasteiger partial charge in [0.2, 0.25) is 5.75 Å². The Bertz CT molecular complexity index is 371. The molecular formula is C9H15N3O2. The molecule has 0 aliphatic heterocycles. The molecule has 14 heavy (non-hydrogen) atoms. The summed E-state index contributed by atoms with van der Waals surface area (Å²) in [6, 6.07) is -0.0223. The third kappa shape index (κ3) is 2.32.